The molecule has 1 saturated heterocycles. The Balaban J connectivity index is 1.66. The maximum atomic E-state index is 5.73. The van der Waals surface area contributed by atoms with Crippen molar-refractivity contribution in [1.82, 2.24) is 9.88 Å². The van der Waals surface area contributed by atoms with Gasteiger partial charge < -0.3 is 4.90 Å². The fourth-order valence-electron chi connectivity index (χ4n) is 1.80. The van der Waals surface area contributed by atoms with Gasteiger partial charge in [-0.2, -0.15) is 11.8 Å². The molecule has 1 aromatic rings. The maximum Gasteiger partial charge on any atom is 0.0929 e. The summed E-state index contributed by atoms with van der Waals surface area (Å²) in [6.45, 7) is 3.74. The Hall–Kier alpha value is 0.230. The number of halogens is 1. The lowest BCUT2D eigenvalue weighted by molar-refractivity contribution is 0.299. The van der Waals surface area contributed by atoms with Crippen LogP contribution in [0.25, 0.3) is 0 Å². The van der Waals surface area contributed by atoms with E-state index in [1.807, 2.05) is 0 Å². The number of aromatic nitrogens is 1. The third kappa shape index (κ3) is 3.91. The van der Waals surface area contributed by atoms with Gasteiger partial charge in [0.15, 0.2) is 0 Å². The van der Waals surface area contributed by atoms with Crippen LogP contribution in [-0.2, 0) is 12.3 Å². The zero-order chi connectivity index (χ0) is 11.2. The monoisotopic (exact) mass is 276 g/mol. The first-order valence-electron chi connectivity index (χ1n) is 5.68. The van der Waals surface area contributed by atoms with Crippen LogP contribution in [0, 0.1) is 0 Å². The van der Waals surface area contributed by atoms with Crippen molar-refractivity contribution in [3.8, 4) is 0 Å². The Morgan fingerprint density at radius 2 is 2.19 bits per heavy atom. The lowest BCUT2D eigenvalue weighted by Gasteiger charge is -2.25. The van der Waals surface area contributed by atoms with Gasteiger partial charge in [0.2, 0.25) is 0 Å². The molecule has 1 fully saturated rings. The quantitative estimate of drug-likeness (QED) is 0.770. The molecule has 0 aliphatic carbocycles. The Morgan fingerprint density at radius 1 is 1.38 bits per heavy atom. The molecule has 16 heavy (non-hydrogen) atoms. The van der Waals surface area contributed by atoms with Gasteiger partial charge in [0.1, 0.15) is 0 Å². The highest BCUT2D eigenvalue weighted by atomic mass is 35.5. The Bertz CT molecular complexity index is 311. The van der Waals surface area contributed by atoms with E-state index in [1.54, 1.807) is 11.3 Å². The van der Waals surface area contributed by atoms with E-state index in [9.17, 15) is 0 Å². The highest BCUT2D eigenvalue weighted by Crippen LogP contribution is 2.14. The standard InChI is InChI=1S/C11H17ClN2S2/c12-8-10-9-16-11(13-10)2-1-3-14-4-6-15-7-5-14/h9H,1-8H2. The molecule has 1 aliphatic rings. The third-order valence-electron chi connectivity index (χ3n) is 2.70. The lowest BCUT2D eigenvalue weighted by atomic mass is 10.3. The molecule has 0 bridgehead atoms. The summed E-state index contributed by atoms with van der Waals surface area (Å²) < 4.78 is 0. The number of aryl methyl sites for hydroxylation is 1. The van der Waals surface area contributed by atoms with Gasteiger partial charge in [0, 0.05) is 36.4 Å². The van der Waals surface area contributed by atoms with Crippen LogP contribution in [0.3, 0.4) is 0 Å². The van der Waals surface area contributed by atoms with Gasteiger partial charge in [-0.25, -0.2) is 4.98 Å². The molecule has 0 spiro atoms. The minimum atomic E-state index is 0.542. The first-order valence-corrected chi connectivity index (χ1v) is 8.24. The van der Waals surface area contributed by atoms with E-state index < -0.39 is 0 Å². The first-order chi connectivity index (χ1) is 7.88. The van der Waals surface area contributed by atoms with Crippen LogP contribution in [-0.4, -0.2) is 41.0 Å². The molecule has 0 amide bonds. The topological polar surface area (TPSA) is 16.1 Å². The van der Waals surface area contributed by atoms with Crippen LogP contribution in [0.1, 0.15) is 17.1 Å². The van der Waals surface area contributed by atoms with Crippen LogP contribution in [0.2, 0.25) is 0 Å². The van der Waals surface area contributed by atoms with Crippen molar-refractivity contribution in [2.75, 3.05) is 31.1 Å². The number of thiazole rings is 1. The molecule has 0 atom stereocenters. The second kappa shape index (κ2) is 6.84. The van der Waals surface area contributed by atoms with Crippen molar-refractivity contribution in [2.24, 2.45) is 0 Å². The predicted molar refractivity (Wildman–Crippen MR) is 73.8 cm³/mol. The van der Waals surface area contributed by atoms with E-state index in [1.165, 1.54) is 42.6 Å². The van der Waals surface area contributed by atoms with Crippen LogP contribution >= 0.6 is 34.7 Å². The van der Waals surface area contributed by atoms with E-state index in [0.717, 1.165) is 12.1 Å². The van der Waals surface area contributed by atoms with E-state index in [-0.39, 0.29) is 0 Å². The Kier molecular flexibility index (Phi) is 5.42. The zero-order valence-corrected chi connectivity index (χ0v) is 11.7. The van der Waals surface area contributed by atoms with Gasteiger partial charge in [-0.05, 0) is 13.0 Å². The van der Waals surface area contributed by atoms with Crippen LogP contribution in [0.5, 0.6) is 0 Å². The van der Waals surface area contributed by atoms with Gasteiger partial charge in [-0.1, -0.05) is 0 Å². The molecule has 0 aromatic carbocycles. The summed E-state index contributed by atoms with van der Waals surface area (Å²) in [4.78, 5) is 7.04. The predicted octanol–water partition coefficient (Wildman–Crippen LogP) is 2.86. The van der Waals surface area contributed by atoms with Crippen molar-refractivity contribution in [3.63, 3.8) is 0 Å². The van der Waals surface area contributed by atoms with E-state index in [2.05, 4.69) is 27.0 Å². The average Bonchev–Trinajstić information content (AvgIpc) is 2.78. The van der Waals surface area contributed by atoms with Gasteiger partial charge in [-0.3, -0.25) is 0 Å². The van der Waals surface area contributed by atoms with Gasteiger partial charge in [-0.15, -0.1) is 22.9 Å². The summed E-state index contributed by atoms with van der Waals surface area (Å²) in [6, 6.07) is 0. The molecule has 0 radical (unpaired) electrons. The molecule has 2 heterocycles. The lowest BCUT2D eigenvalue weighted by Crippen LogP contribution is -2.33. The van der Waals surface area contributed by atoms with E-state index in [4.69, 9.17) is 11.6 Å². The molecular formula is C11H17ClN2S2. The van der Waals surface area contributed by atoms with Crippen molar-refractivity contribution < 1.29 is 0 Å². The molecule has 1 aliphatic heterocycles. The smallest absolute Gasteiger partial charge is 0.0929 e. The summed E-state index contributed by atoms with van der Waals surface area (Å²) in [7, 11) is 0. The van der Waals surface area contributed by atoms with E-state index >= 15 is 0 Å². The van der Waals surface area contributed by atoms with E-state index in [0.29, 0.717) is 5.88 Å². The molecule has 2 nitrogen and oxygen atoms in total. The van der Waals surface area contributed by atoms with Crippen molar-refractivity contribution in [3.05, 3.63) is 16.1 Å². The fourth-order valence-corrected chi connectivity index (χ4v) is 3.85. The molecule has 5 heteroatoms. The summed E-state index contributed by atoms with van der Waals surface area (Å²) in [5, 5.41) is 3.31. The Labute approximate surface area is 110 Å². The number of alkyl halides is 1. The van der Waals surface area contributed by atoms with Crippen molar-refractivity contribution >= 4 is 34.7 Å². The molecule has 0 saturated carbocycles. The largest absolute Gasteiger partial charge is 0.302 e. The molecule has 2 rings (SSSR count). The molecular weight excluding hydrogens is 260 g/mol. The number of hydrogen-bond acceptors (Lipinski definition) is 4. The summed E-state index contributed by atoms with van der Waals surface area (Å²) in [5.41, 5.74) is 1.02. The van der Waals surface area contributed by atoms with Gasteiger partial charge >= 0.3 is 0 Å². The number of hydrogen-bond donors (Lipinski definition) is 0. The minimum absolute atomic E-state index is 0.542. The molecule has 90 valence electrons. The number of thioether (sulfide) groups is 1. The Morgan fingerprint density at radius 3 is 2.88 bits per heavy atom. The summed E-state index contributed by atoms with van der Waals surface area (Å²) >= 11 is 9.54. The van der Waals surface area contributed by atoms with Crippen molar-refractivity contribution in [1.29, 1.82) is 0 Å². The minimum Gasteiger partial charge on any atom is -0.302 e. The molecule has 0 unspecified atom stereocenters. The summed E-state index contributed by atoms with van der Waals surface area (Å²) in [6.07, 6.45) is 2.32. The second-order valence-corrected chi connectivity index (χ2v) is 6.36. The zero-order valence-electron chi connectivity index (χ0n) is 9.32. The molecule has 0 N–H and O–H groups in total. The first kappa shape index (κ1) is 12.7. The number of rotatable bonds is 5. The van der Waals surface area contributed by atoms with Crippen molar-refractivity contribution in [2.45, 2.75) is 18.7 Å². The highest BCUT2D eigenvalue weighted by molar-refractivity contribution is 7.99. The van der Waals surface area contributed by atoms with Gasteiger partial charge in [0.25, 0.3) is 0 Å². The molecule has 1 aromatic heterocycles. The normalized spacial score (nSPS) is 17.8. The van der Waals surface area contributed by atoms with Crippen LogP contribution < -0.4 is 0 Å². The summed E-state index contributed by atoms with van der Waals surface area (Å²) in [5.74, 6) is 3.14. The average molecular weight is 277 g/mol. The van der Waals surface area contributed by atoms with Crippen LogP contribution in [0.15, 0.2) is 5.38 Å². The highest BCUT2D eigenvalue weighted by Gasteiger charge is 2.09. The third-order valence-corrected chi connectivity index (χ3v) is 4.88. The fraction of sp³-hybridized carbons (Fsp3) is 0.727. The SMILES string of the molecule is ClCc1csc(CCCN2CCSCC2)n1. The maximum absolute atomic E-state index is 5.73. The number of nitrogens with zero attached hydrogens (tertiary/aromatic N) is 2. The van der Waals surface area contributed by atoms with Gasteiger partial charge in [0.05, 0.1) is 16.6 Å². The van der Waals surface area contributed by atoms with Crippen LogP contribution in [0.4, 0.5) is 0 Å². The second-order valence-electron chi connectivity index (χ2n) is 3.92.